The minimum Gasteiger partial charge on any atom is -0.338 e. The number of anilines is 1. The largest absolute Gasteiger partial charge is 0.338 e. The van der Waals surface area contributed by atoms with Crippen molar-refractivity contribution in [1.29, 1.82) is 0 Å². The number of hydrogen-bond donors (Lipinski definition) is 1. The fourth-order valence-electron chi connectivity index (χ4n) is 1.45. The number of hydrogen-bond acceptors (Lipinski definition) is 4. The molecule has 16 heavy (non-hydrogen) atoms. The summed E-state index contributed by atoms with van der Waals surface area (Å²) in [5.41, 5.74) is 2.28. The zero-order chi connectivity index (χ0) is 11.4. The molecule has 0 unspecified atom stereocenters. The molecular weight excluding hydrogens is 202 g/mol. The van der Waals surface area contributed by atoms with E-state index in [0.29, 0.717) is 11.8 Å². The van der Waals surface area contributed by atoms with Crippen molar-refractivity contribution in [2.24, 2.45) is 0 Å². The summed E-state index contributed by atoms with van der Waals surface area (Å²) in [5.74, 6) is 0.624. The first-order valence-corrected chi connectivity index (χ1v) is 5.50. The number of nitrogens with one attached hydrogen (secondary N) is 1. The lowest BCUT2D eigenvalue weighted by Gasteiger charge is -1.97. The molecule has 0 saturated carbocycles. The molecule has 0 saturated heterocycles. The standard InChI is InChI=1S/C12H15N3O/c1-3-9-5-7-10(8-6-9)11-14-12(13-4-2)16-15-11/h5-8H,3-4H2,1-2H3,(H,13,14,15). The number of aromatic nitrogens is 2. The summed E-state index contributed by atoms with van der Waals surface area (Å²) in [6, 6.07) is 8.66. The van der Waals surface area contributed by atoms with Gasteiger partial charge in [-0.25, -0.2) is 0 Å². The van der Waals surface area contributed by atoms with Gasteiger partial charge in [0.05, 0.1) is 0 Å². The van der Waals surface area contributed by atoms with Gasteiger partial charge in [0.2, 0.25) is 5.82 Å². The molecular formula is C12H15N3O. The lowest BCUT2D eigenvalue weighted by atomic mass is 10.1. The van der Waals surface area contributed by atoms with Gasteiger partial charge < -0.3 is 9.84 Å². The van der Waals surface area contributed by atoms with Gasteiger partial charge in [-0.1, -0.05) is 36.3 Å². The Balaban J connectivity index is 2.21. The van der Waals surface area contributed by atoms with E-state index in [1.54, 1.807) is 0 Å². The van der Waals surface area contributed by atoms with Crippen molar-refractivity contribution in [2.75, 3.05) is 11.9 Å². The fourth-order valence-corrected chi connectivity index (χ4v) is 1.45. The molecule has 0 aliphatic carbocycles. The highest BCUT2D eigenvalue weighted by Crippen LogP contribution is 2.18. The molecule has 4 nitrogen and oxygen atoms in total. The first-order chi connectivity index (χ1) is 7.83. The Morgan fingerprint density at radius 3 is 2.56 bits per heavy atom. The lowest BCUT2D eigenvalue weighted by Crippen LogP contribution is -1.95. The third kappa shape index (κ3) is 2.21. The fraction of sp³-hybridized carbons (Fsp3) is 0.333. The van der Waals surface area contributed by atoms with E-state index in [-0.39, 0.29) is 0 Å². The number of benzene rings is 1. The Hall–Kier alpha value is -1.84. The molecule has 0 fully saturated rings. The summed E-state index contributed by atoms with van der Waals surface area (Å²) >= 11 is 0. The van der Waals surface area contributed by atoms with Crippen LogP contribution in [0.5, 0.6) is 0 Å². The Morgan fingerprint density at radius 2 is 1.94 bits per heavy atom. The average molecular weight is 217 g/mol. The third-order valence-electron chi connectivity index (χ3n) is 2.37. The van der Waals surface area contributed by atoms with Crippen molar-refractivity contribution >= 4 is 6.01 Å². The van der Waals surface area contributed by atoms with Crippen LogP contribution in [0.3, 0.4) is 0 Å². The van der Waals surface area contributed by atoms with Crippen molar-refractivity contribution in [2.45, 2.75) is 20.3 Å². The van der Waals surface area contributed by atoms with Crippen LogP contribution in [0.2, 0.25) is 0 Å². The molecule has 0 aliphatic heterocycles. The van der Waals surface area contributed by atoms with E-state index in [2.05, 4.69) is 34.5 Å². The van der Waals surface area contributed by atoms with Crippen LogP contribution in [0.4, 0.5) is 6.01 Å². The van der Waals surface area contributed by atoms with E-state index in [1.807, 2.05) is 19.1 Å². The maximum Gasteiger partial charge on any atom is 0.321 e. The van der Waals surface area contributed by atoms with Crippen LogP contribution in [0.1, 0.15) is 19.4 Å². The normalized spacial score (nSPS) is 10.4. The first-order valence-electron chi connectivity index (χ1n) is 5.50. The summed E-state index contributed by atoms with van der Waals surface area (Å²) < 4.78 is 5.04. The summed E-state index contributed by atoms with van der Waals surface area (Å²) in [6.45, 7) is 4.89. The molecule has 0 atom stereocenters. The Bertz CT molecular complexity index is 448. The molecule has 0 radical (unpaired) electrons. The summed E-state index contributed by atoms with van der Waals surface area (Å²) in [5, 5.41) is 6.89. The molecule has 1 aromatic carbocycles. The number of aryl methyl sites for hydroxylation is 1. The van der Waals surface area contributed by atoms with Gasteiger partial charge in [0, 0.05) is 12.1 Å². The molecule has 1 heterocycles. The predicted molar refractivity (Wildman–Crippen MR) is 63.3 cm³/mol. The first kappa shape index (κ1) is 10.7. The number of rotatable bonds is 4. The highest BCUT2D eigenvalue weighted by Gasteiger charge is 2.06. The summed E-state index contributed by atoms with van der Waals surface area (Å²) in [4.78, 5) is 4.24. The van der Waals surface area contributed by atoms with Gasteiger partial charge in [0.1, 0.15) is 0 Å². The highest BCUT2D eigenvalue weighted by molar-refractivity contribution is 5.55. The van der Waals surface area contributed by atoms with Crippen LogP contribution in [-0.2, 0) is 6.42 Å². The van der Waals surface area contributed by atoms with E-state index in [0.717, 1.165) is 18.5 Å². The highest BCUT2D eigenvalue weighted by atomic mass is 16.5. The van der Waals surface area contributed by atoms with E-state index >= 15 is 0 Å². The van der Waals surface area contributed by atoms with E-state index in [9.17, 15) is 0 Å². The van der Waals surface area contributed by atoms with Gasteiger partial charge in [0.15, 0.2) is 0 Å². The summed E-state index contributed by atoms with van der Waals surface area (Å²) in [7, 11) is 0. The molecule has 1 N–H and O–H groups in total. The average Bonchev–Trinajstić information content (AvgIpc) is 2.78. The SMILES string of the molecule is CCNc1nc(-c2ccc(CC)cc2)no1. The van der Waals surface area contributed by atoms with Gasteiger partial charge in [0.25, 0.3) is 0 Å². The monoisotopic (exact) mass is 217 g/mol. The maximum absolute atomic E-state index is 5.04. The Labute approximate surface area is 94.7 Å². The van der Waals surface area contributed by atoms with Crippen molar-refractivity contribution in [3.05, 3.63) is 29.8 Å². The summed E-state index contributed by atoms with van der Waals surface area (Å²) in [6.07, 6.45) is 1.04. The smallest absolute Gasteiger partial charge is 0.321 e. The second kappa shape index (κ2) is 4.79. The molecule has 0 amide bonds. The quantitative estimate of drug-likeness (QED) is 0.855. The molecule has 2 aromatic rings. The van der Waals surface area contributed by atoms with Crippen LogP contribution < -0.4 is 5.32 Å². The zero-order valence-electron chi connectivity index (χ0n) is 9.53. The van der Waals surface area contributed by atoms with E-state index in [4.69, 9.17) is 4.52 Å². The molecule has 0 aliphatic rings. The molecule has 1 aromatic heterocycles. The van der Waals surface area contributed by atoms with E-state index < -0.39 is 0 Å². The van der Waals surface area contributed by atoms with Crippen LogP contribution >= 0.6 is 0 Å². The topological polar surface area (TPSA) is 51.0 Å². The van der Waals surface area contributed by atoms with Crippen LogP contribution in [0, 0.1) is 0 Å². The van der Waals surface area contributed by atoms with Crippen LogP contribution in [0.25, 0.3) is 11.4 Å². The predicted octanol–water partition coefficient (Wildman–Crippen LogP) is 2.73. The van der Waals surface area contributed by atoms with Crippen LogP contribution in [-0.4, -0.2) is 16.7 Å². The maximum atomic E-state index is 5.04. The van der Waals surface area contributed by atoms with Crippen molar-refractivity contribution in [1.82, 2.24) is 10.1 Å². The van der Waals surface area contributed by atoms with Crippen molar-refractivity contribution in [3.63, 3.8) is 0 Å². The van der Waals surface area contributed by atoms with E-state index in [1.165, 1.54) is 5.56 Å². The molecule has 0 bridgehead atoms. The van der Waals surface area contributed by atoms with Crippen molar-refractivity contribution in [3.8, 4) is 11.4 Å². The van der Waals surface area contributed by atoms with Gasteiger partial charge in [-0.3, -0.25) is 0 Å². The van der Waals surface area contributed by atoms with Crippen molar-refractivity contribution < 1.29 is 4.52 Å². The molecule has 0 spiro atoms. The van der Waals surface area contributed by atoms with Crippen LogP contribution in [0.15, 0.2) is 28.8 Å². The van der Waals surface area contributed by atoms with Gasteiger partial charge >= 0.3 is 6.01 Å². The van der Waals surface area contributed by atoms with Gasteiger partial charge in [-0.2, -0.15) is 4.98 Å². The second-order valence-corrected chi connectivity index (χ2v) is 3.50. The Kier molecular flexibility index (Phi) is 3.19. The van der Waals surface area contributed by atoms with Gasteiger partial charge in [-0.05, 0) is 18.9 Å². The number of nitrogens with zero attached hydrogens (tertiary/aromatic N) is 2. The van der Waals surface area contributed by atoms with Gasteiger partial charge in [-0.15, -0.1) is 0 Å². The lowest BCUT2D eigenvalue weighted by molar-refractivity contribution is 0.432. The molecule has 84 valence electrons. The second-order valence-electron chi connectivity index (χ2n) is 3.50. The zero-order valence-corrected chi connectivity index (χ0v) is 9.53. The minimum atomic E-state index is 0.470. The molecule has 2 rings (SSSR count). The minimum absolute atomic E-state index is 0.470. The third-order valence-corrected chi connectivity index (χ3v) is 2.37. The Morgan fingerprint density at radius 1 is 1.19 bits per heavy atom. The molecule has 4 heteroatoms.